The fraction of sp³-hybridized carbons (Fsp3) is 0.212. The summed E-state index contributed by atoms with van der Waals surface area (Å²) in [5.74, 6) is 26.5. The summed E-state index contributed by atoms with van der Waals surface area (Å²) in [6.45, 7) is 3.26. The van der Waals surface area contributed by atoms with E-state index in [-0.39, 0.29) is 47.5 Å². The number of hydrogen-bond donors (Lipinski definition) is 13. The number of rotatable bonds is 16. The van der Waals surface area contributed by atoms with E-state index in [1.165, 1.54) is 0 Å². The summed E-state index contributed by atoms with van der Waals surface area (Å²) in [6.07, 6.45) is 3.54. The SMILES string of the molecule is CN=C(NC)n1cccn1.NC(N)=NCC(CN=C(N)N)c1cc(Br)cc(C#Cc2cccc(C#Cc3cc(Br)cc(C(CN=C(N)N)CN=C(N)N)c3)c2)c1.NCC(CN)c1cc(Br)cc(C#Cc2cccc(C#Cc3cc(Br)cc(C(CN)CN)c3)c2)c1. The van der Waals surface area contributed by atoms with Crippen molar-refractivity contribution in [3.05, 3.63) is 224 Å². The number of guanidine groups is 4. The Morgan fingerprint density at radius 2 is 0.689 bits per heavy atom. The standard InChI is InChI=1S/C32H36Br2N12.C28H28Br2N4.C6H10N4/c33-27-11-21(9-23(13-27)25(15-43-29(35)36)16-44-30(37)38)6-4-19-2-1-3-20(8-19)5-7-22-10-24(14-28(34)12-22)26(17-45-31(39)40)18-46-32(41)42;29-27-11-21(9-23(13-27)25(15-31)16-32)6-4-19-2-1-3-20(8-19)5-7-22-10-24(14-28(30)12-22)26(17-33)18-34;1-7-6(8-2)10-5-3-4-9-10/h1-3,8-14,25-26H,15-18H2,(H4,35,36,43)(H4,37,38,44)(H4,39,40,45)(H4,41,42,46);1-3,8-14,25-26H,15-18,31-34H2;3-5H,1-2H3,(H,7,8). The van der Waals surface area contributed by atoms with Gasteiger partial charge in [-0.1, -0.05) is 123 Å². The van der Waals surface area contributed by atoms with E-state index in [0.717, 1.165) is 90.6 Å². The van der Waals surface area contributed by atoms with E-state index >= 15 is 0 Å². The van der Waals surface area contributed by atoms with Crippen LogP contribution in [0.5, 0.6) is 0 Å². The third kappa shape index (κ3) is 25.3. The lowest BCUT2D eigenvalue weighted by Gasteiger charge is -2.14. The molecule has 90 heavy (non-hydrogen) atoms. The number of aliphatic imine (C=N–C) groups is 5. The summed E-state index contributed by atoms with van der Waals surface area (Å²) in [7, 11) is 3.53. The van der Waals surface area contributed by atoms with E-state index in [4.69, 9.17) is 68.8 Å². The molecule has 0 unspecified atom stereocenters. The van der Waals surface area contributed by atoms with Gasteiger partial charge in [0.05, 0.1) is 26.2 Å². The van der Waals surface area contributed by atoms with Gasteiger partial charge in [-0.05, 0) is 138 Å². The number of aromatic nitrogens is 2. The van der Waals surface area contributed by atoms with Gasteiger partial charge in [0.25, 0.3) is 0 Å². The van der Waals surface area contributed by atoms with Crippen LogP contribution in [0.2, 0.25) is 0 Å². The van der Waals surface area contributed by atoms with Crippen molar-refractivity contribution in [3.63, 3.8) is 0 Å². The van der Waals surface area contributed by atoms with Crippen LogP contribution in [-0.4, -0.2) is 106 Å². The first-order valence-corrected chi connectivity index (χ1v) is 31.0. The van der Waals surface area contributed by atoms with Crippen LogP contribution in [0.4, 0.5) is 0 Å². The predicted molar refractivity (Wildman–Crippen MR) is 383 cm³/mol. The lowest BCUT2D eigenvalue weighted by atomic mass is 9.97. The molecule has 0 fully saturated rings. The zero-order valence-corrected chi connectivity index (χ0v) is 56.2. The Balaban J connectivity index is 0.000000291. The lowest BCUT2D eigenvalue weighted by molar-refractivity contribution is 0.708. The first-order chi connectivity index (χ1) is 43.2. The van der Waals surface area contributed by atoms with E-state index < -0.39 is 0 Å². The second-order valence-electron chi connectivity index (χ2n) is 19.8. The predicted octanol–water partition coefficient (Wildman–Crippen LogP) is 5.22. The number of hydrogen-bond acceptors (Lipinski definition) is 10. The first-order valence-electron chi connectivity index (χ1n) is 27.9. The summed E-state index contributed by atoms with van der Waals surface area (Å²) in [5.41, 5.74) is 78.7. The second-order valence-corrected chi connectivity index (χ2v) is 23.5. The minimum Gasteiger partial charge on any atom is -0.370 e. The highest BCUT2D eigenvalue weighted by molar-refractivity contribution is 9.11. The van der Waals surface area contributed by atoms with Crippen molar-refractivity contribution in [2.24, 2.45) is 93.8 Å². The largest absolute Gasteiger partial charge is 0.370 e. The van der Waals surface area contributed by atoms with E-state index in [2.05, 4.69) is 146 Å². The molecule has 0 bridgehead atoms. The fourth-order valence-corrected chi connectivity index (χ4v) is 10.5. The van der Waals surface area contributed by atoms with Crippen LogP contribution in [0, 0.1) is 47.4 Å². The molecule has 0 aliphatic heterocycles. The Kier molecular flexibility index (Phi) is 30.2. The van der Waals surface area contributed by atoms with Gasteiger partial charge < -0.3 is 74.1 Å². The Labute approximate surface area is 560 Å². The number of nitrogens with one attached hydrogen (secondary N) is 1. The minimum atomic E-state index is -0.160. The third-order valence-electron chi connectivity index (χ3n) is 13.0. The Morgan fingerprint density at radius 1 is 0.411 bits per heavy atom. The molecule has 20 nitrogen and oxygen atoms in total. The van der Waals surface area contributed by atoms with Crippen LogP contribution in [0.25, 0.3) is 0 Å². The molecule has 6 aromatic carbocycles. The van der Waals surface area contributed by atoms with Crippen LogP contribution in [-0.2, 0) is 0 Å². The second kappa shape index (κ2) is 37.8. The van der Waals surface area contributed by atoms with Crippen molar-refractivity contribution < 1.29 is 0 Å². The van der Waals surface area contributed by atoms with E-state index in [9.17, 15) is 0 Å². The maximum atomic E-state index is 5.86. The van der Waals surface area contributed by atoms with Crippen LogP contribution < -0.4 is 74.1 Å². The van der Waals surface area contributed by atoms with Gasteiger partial charge in [-0.25, -0.2) is 4.68 Å². The zero-order chi connectivity index (χ0) is 65.5. The van der Waals surface area contributed by atoms with Gasteiger partial charge >= 0.3 is 0 Å². The molecule has 24 heteroatoms. The molecule has 466 valence electrons. The Morgan fingerprint density at radius 3 is 0.922 bits per heavy atom. The first kappa shape index (κ1) is 71.8. The molecule has 0 radical (unpaired) electrons. The van der Waals surface area contributed by atoms with Crippen molar-refractivity contribution >= 4 is 93.5 Å². The topological polar surface area (TPSA) is 404 Å². The molecular weight excluding hydrogens is 1390 g/mol. The van der Waals surface area contributed by atoms with Crippen molar-refractivity contribution in [1.29, 1.82) is 0 Å². The molecule has 0 atom stereocenters. The summed E-state index contributed by atoms with van der Waals surface area (Å²) in [5, 5.41) is 6.89. The van der Waals surface area contributed by atoms with Gasteiger partial charge in [0.1, 0.15) is 0 Å². The highest BCUT2D eigenvalue weighted by Gasteiger charge is 2.16. The van der Waals surface area contributed by atoms with Crippen LogP contribution >= 0.6 is 63.7 Å². The van der Waals surface area contributed by atoms with E-state index in [1.807, 2.05) is 141 Å². The molecule has 7 rings (SSSR count). The molecule has 0 saturated carbocycles. The minimum absolute atomic E-state index is 0.0112. The van der Waals surface area contributed by atoms with Gasteiger partial charge in [-0.3, -0.25) is 25.0 Å². The molecular formula is C66H74Br4N20. The Bertz CT molecular complexity index is 3680. The van der Waals surface area contributed by atoms with Crippen LogP contribution in [0.3, 0.4) is 0 Å². The third-order valence-corrected chi connectivity index (χ3v) is 14.8. The highest BCUT2D eigenvalue weighted by Crippen LogP contribution is 2.27. The molecule has 25 N–H and O–H groups in total. The van der Waals surface area contributed by atoms with Gasteiger partial charge in [-0.2, -0.15) is 5.10 Å². The summed E-state index contributed by atoms with van der Waals surface area (Å²) < 4.78 is 5.28. The lowest BCUT2D eigenvalue weighted by Crippen LogP contribution is -2.26. The van der Waals surface area contributed by atoms with Gasteiger partial charge in [0.2, 0.25) is 5.96 Å². The molecule has 0 spiro atoms. The van der Waals surface area contributed by atoms with Crippen molar-refractivity contribution in [1.82, 2.24) is 15.1 Å². The molecule has 0 amide bonds. The van der Waals surface area contributed by atoms with Crippen molar-refractivity contribution in [2.45, 2.75) is 23.7 Å². The van der Waals surface area contributed by atoms with Gasteiger partial charge in [0.15, 0.2) is 23.8 Å². The number of benzene rings is 6. The Hall–Kier alpha value is -8.92. The molecule has 7 aromatic rings. The highest BCUT2D eigenvalue weighted by atomic mass is 79.9. The van der Waals surface area contributed by atoms with Crippen molar-refractivity contribution in [2.75, 3.05) is 66.5 Å². The van der Waals surface area contributed by atoms with Crippen LogP contribution in [0.15, 0.2) is 183 Å². The molecule has 1 heterocycles. The number of nitrogens with two attached hydrogens (primary N) is 12. The molecule has 0 aliphatic rings. The number of nitrogens with zero attached hydrogens (tertiary/aromatic N) is 7. The maximum Gasteiger partial charge on any atom is 0.218 e. The van der Waals surface area contributed by atoms with Crippen molar-refractivity contribution in [3.8, 4) is 47.4 Å². The average Bonchev–Trinajstić information content (AvgIpc) is 3.62. The quantitative estimate of drug-likeness (QED) is 0.0335. The fourth-order valence-electron chi connectivity index (χ4n) is 8.47. The summed E-state index contributed by atoms with van der Waals surface area (Å²) in [4.78, 5) is 20.6. The summed E-state index contributed by atoms with van der Waals surface area (Å²) >= 11 is 14.3. The smallest absolute Gasteiger partial charge is 0.218 e. The normalized spacial score (nSPS) is 10.5. The average molecular weight is 1470 g/mol. The zero-order valence-electron chi connectivity index (χ0n) is 49.8. The molecule has 0 saturated heterocycles. The van der Waals surface area contributed by atoms with Gasteiger partial charge in [0, 0.05) is 139 Å². The summed E-state index contributed by atoms with van der Waals surface area (Å²) in [6, 6.07) is 41.3. The number of halogens is 4. The maximum absolute atomic E-state index is 5.86. The van der Waals surface area contributed by atoms with E-state index in [0.29, 0.717) is 52.4 Å². The monoisotopic (exact) mass is 1460 g/mol. The molecule has 0 aliphatic carbocycles. The van der Waals surface area contributed by atoms with Gasteiger partial charge in [-0.15, -0.1) is 0 Å². The van der Waals surface area contributed by atoms with Crippen LogP contribution in [0.1, 0.15) is 90.4 Å². The molecule has 1 aromatic heterocycles. The van der Waals surface area contributed by atoms with E-state index in [1.54, 1.807) is 17.9 Å².